The lowest BCUT2D eigenvalue weighted by molar-refractivity contribution is 0.332. The fourth-order valence-corrected chi connectivity index (χ4v) is 2.58. The molecule has 1 aromatic carbocycles. The van der Waals surface area contributed by atoms with Crippen molar-refractivity contribution < 1.29 is 0 Å². The third-order valence-electron chi connectivity index (χ3n) is 3.63. The minimum absolute atomic E-state index is 0.789. The second-order valence-electron chi connectivity index (χ2n) is 5.07. The highest BCUT2D eigenvalue weighted by Crippen LogP contribution is 2.20. The molecule has 19 heavy (non-hydrogen) atoms. The largest absolute Gasteiger partial charge is 0.379 e. The van der Waals surface area contributed by atoms with Crippen LogP contribution in [0.3, 0.4) is 0 Å². The summed E-state index contributed by atoms with van der Waals surface area (Å²) in [5, 5.41) is 3.49. The van der Waals surface area contributed by atoms with E-state index in [0.29, 0.717) is 0 Å². The molecule has 4 heteroatoms. The van der Waals surface area contributed by atoms with Crippen LogP contribution in [0.15, 0.2) is 36.8 Å². The fourth-order valence-electron chi connectivity index (χ4n) is 2.58. The molecule has 0 bridgehead atoms. The monoisotopic (exact) mass is 256 g/mol. The summed E-state index contributed by atoms with van der Waals surface area (Å²) in [5.41, 5.74) is 3.71. The number of rotatable bonds is 5. The van der Waals surface area contributed by atoms with Gasteiger partial charge >= 0.3 is 0 Å². The summed E-state index contributed by atoms with van der Waals surface area (Å²) >= 11 is 0. The van der Waals surface area contributed by atoms with Gasteiger partial charge < -0.3 is 10.3 Å². The molecule has 1 aliphatic heterocycles. The number of nitrogens with one attached hydrogen (secondary N) is 2. The van der Waals surface area contributed by atoms with Crippen molar-refractivity contribution in [2.45, 2.75) is 25.9 Å². The molecule has 0 amide bonds. The van der Waals surface area contributed by atoms with E-state index in [9.17, 15) is 0 Å². The van der Waals surface area contributed by atoms with Crippen molar-refractivity contribution >= 4 is 5.69 Å². The van der Waals surface area contributed by atoms with Crippen LogP contribution >= 0.6 is 0 Å². The van der Waals surface area contributed by atoms with Gasteiger partial charge in [0.25, 0.3) is 0 Å². The number of para-hydroxylation sites is 1. The first-order valence-corrected chi connectivity index (χ1v) is 6.93. The van der Waals surface area contributed by atoms with Crippen LogP contribution in [0.5, 0.6) is 0 Å². The second-order valence-corrected chi connectivity index (χ2v) is 5.07. The van der Waals surface area contributed by atoms with E-state index in [2.05, 4.69) is 44.5 Å². The van der Waals surface area contributed by atoms with Crippen molar-refractivity contribution in [2.75, 3.05) is 18.4 Å². The second kappa shape index (κ2) is 5.89. The molecule has 0 aliphatic carbocycles. The smallest absolute Gasteiger partial charge is 0.0922 e. The summed E-state index contributed by atoms with van der Waals surface area (Å²) in [6, 6.07) is 8.57. The molecule has 3 rings (SSSR count). The molecule has 0 spiro atoms. The highest BCUT2D eigenvalue weighted by molar-refractivity contribution is 5.51. The van der Waals surface area contributed by atoms with Crippen LogP contribution in [-0.2, 0) is 13.1 Å². The molecule has 4 nitrogen and oxygen atoms in total. The summed E-state index contributed by atoms with van der Waals surface area (Å²) < 4.78 is 0. The molecule has 100 valence electrons. The summed E-state index contributed by atoms with van der Waals surface area (Å²) in [4.78, 5) is 9.68. The Balaban J connectivity index is 1.66. The third kappa shape index (κ3) is 3.15. The highest BCUT2D eigenvalue weighted by atomic mass is 15.1. The Morgan fingerprint density at radius 2 is 2.05 bits per heavy atom. The van der Waals surface area contributed by atoms with Gasteiger partial charge in [-0.25, -0.2) is 4.98 Å². The van der Waals surface area contributed by atoms with Crippen LogP contribution < -0.4 is 5.32 Å². The van der Waals surface area contributed by atoms with Gasteiger partial charge in [-0.3, -0.25) is 4.90 Å². The van der Waals surface area contributed by atoms with Crippen LogP contribution in [0, 0.1) is 0 Å². The van der Waals surface area contributed by atoms with Gasteiger partial charge in [-0.05, 0) is 37.6 Å². The standard InChI is InChI=1S/C15H20N4/c1-2-6-15(17-10-14-9-16-12-18-14)13(5-1)11-19-7-3-4-8-19/h1-2,5-6,9,12,17H,3-4,7-8,10-11H2,(H,16,18). The Morgan fingerprint density at radius 1 is 1.21 bits per heavy atom. The lowest BCUT2D eigenvalue weighted by atomic mass is 10.1. The van der Waals surface area contributed by atoms with E-state index in [1.165, 1.54) is 37.2 Å². The average Bonchev–Trinajstić information content (AvgIpc) is 3.10. The maximum absolute atomic E-state index is 4.04. The van der Waals surface area contributed by atoms with Crippen LogP contribution in [0.4, 0.5) is 5.69 Å². The molecule has 0 radical (unpaired) electrons. The third-order valence-corrected chi connectivity index (χ3v) is 3.63. The minimum Gasteiger partial charge on any atom is -0.379 e. The predicted molar refractivity (Wildman–Crippen MR) is 76.9 cm³/mol. The summed E-state index contributed by atoms with van der Waals surface area (Å²) in [6.45, 7) is 4.30. The Bertz CT molecular complexity index is 501. The number of hydrogen-bond donors (Lipinski definition) is 2. The van der Waals surface area contributed by atoms with Gasteiger partial charge in [0.2, 0.25) is 0 Å². The molecule has 2 aromatic rings. The van der Waals surface area contributed by atoms with Crippen LogP contribution in [-0.4, -0.2) is 28.0 Å². The number of aromatic amines is 1. The maximum Gasteiger partial charge on any atom is 0.0922 e. The first kappa shape index (κ1) is 12.2. The number of hydrogen-bond acceptors (Lipinski definition) is 3. The lowest BCUT2D eigenvalue weighted by Crippen LogP contribution is -2.19. The van der Waals surface area contributed by atoms with Crippen molar-refractivity contribution in [3.63, 3.8) is 0 Å². The van der Waals surface area contributed by atoms with Crippen molar-refractivity contribution in [3.8, 4) is 0 Å². The molecule has 2 heterocycles. The number of likely N-dealkylation sites (tertiary alicyclic amines) is 1. The molecule has 1 aliphatic rings. The zero-order chi connectivity index (χ0) is 12.9. The first-order chi connectivity index (χ1) is 9.42. The zero-order valence-electron chi connectivity index (χ0n) is 11.1. The first-order valence-electron chi connectivity index (χ1n) is 6.93. The van der Waals surface area contributed by atoms with Crippen LogP contribution in [0.1, 0.15) is 24.1 Å². The minimum atomic E-state index is 0.789. The van der Waals surface area contributed by atoms with Crippen molar-refractivity contribution in [1.29, 1.82) is 0 Å². The number of H-pyrrole nitrogens is 1. The van der Waals surface area contributed by atoms with Crippen LogP contribution in [0.2, 0.25) is 0 Å². The van der Waals surface area contributed by atoms with Gasteiger partial charge in [0.05, 0.1) is 18.6 Å². The van der Waals surface area contributed by atoms with E-state index in [1.807, 2.05) is 6.20 Å². The van der Waals surface area contributed by atoms with E-state index >= 15 is 0 Å². The Kier molecular flexibility index (Phi) is 3.79. The van der Waals surface area contributed by atoms with Gasteiger partial charge in [-0.2, -0.15) is 0 Å². The molecule has 1 aromatic heterocycles. The molecular formula is C15H20N4. The SMILES string of the molecule is c1ccc(NCc2cnc[nH]2)c(CN2CCCC2)c1. The van der Waals surface area contributed by atoms with Gasteiger partial charge in [0.1, 0.15) is 0 Å². The Labute approximate surface area is 113 Å². The van der Waals surface area contributed by atoms with Crippen molar-refractivity contribution in [3.05, 3.63) is 48.0 Å². The zero-order valence-corrected chi connectivity index (χ0v) is 11.1. The van der Waals surface area contributed by atoms with Gasteiger partial charge in [0, 0.05) is 18.4 Å². The van der Waals surface area contributed by atoms with E-state index in [1.54, 1.807) is 6.33 Å². The topological polar surface area (TPSA) is 44.0 Å². The number of benzene rings is 1. The van der Waals surface area contributed by atoms with E-state index < -0.39 is 0 Å². The number of nitrogens with zero attached hydrogens (tertiary/aromatic N) is 2. The van der Waals surface area contributed by atoms with E-state index in [-0.39, 0.29) is 0 Å². The molecule has 0 unspecified atom stereocenters. The normalized spacial score (nSPS) is 15.8. The molecule has 0 saturated carbocycles. The van der Waals surface area contributed by atoms with Crippen molar-refractivity contribution in [2.24, 2.45) is 0 Å². The summed E-state index contributed by atoms with van der Waals surface area (Å²) in [6.07, 6.45) is 6.25. The van der Waals surface area contributed by atoms with Gasteiger partial charge in [-0.1, -0.05) is 18.2 Å². The van der Waals surface area contributed by atoms with Crippen LogP contribution in [0.25, 0.3) is 0 Å². The predicted octanol–water partition coefficient (Wildman–Crippen LogP) is 2.62. The Morgan fingerprint density at radius 3 is 2.84 bits per heavy atom. The molecule has 0 atom stereocenters. The molecule has 1 fully saturated rings. The molecular weight excluding hydrogens is 236 g/mol. The summed E-state index contributed by atoms with van der Waals surface area (Å²) in [5.74, 6) is 0. The lowest BCUT2D eigenvalue weighted by Gasteiger charge is -2.18. The van der Waals surface area contributed by atoms with E-state index in [4.69, 9.17) is 0 Å². The summed E-state index contributed by atoms with van der Waals surface area (Å²) in [7, 11) is 0. The van der Waals surface area contributed by atoms with E-state index in [0.717, 1.165) is 18.8 Å². The van der Waals surface area contributed by atoms with Gasteiger partial charge in [0.15, 0.2) is 0 Å². The average molecular weight is 256 g/mol. The number of aromatic nitrogens is 2. The van der Waals surface area contributed by atoms with Gasteiger partial charge in [-0.15, -0.1) is 0 Å². The quantitative estimate of drug-likeness (QED) is 0.864. The van der Waals surface area contributed by atoms with Crippen molar-refractivity contribution in [1.82, 2.24) is 14.9 Å². The Hall–Kier alpha value is -1.81. The molecule has 1 saturated heterocycles. The highest BCUT2D eigenvalue weighted by Gasteiger charge is 2.13. The molecule has 2 N–H and O–H groups in total. The number of imidazole rings is 1. The number of anilines is 1. The maximum atomic E-state index is 4.04. The fraction of sp³-hybridized carbons (Fsp3) is 0.400.